The predicted molar refractivity (Wildman–Crippen MR) is 104 cm³/mol. The fraction of sp³-hybridized carbons (Fsp3) is 0.750. The molecule has 0 bridgehead atoms. The molecule has 1 fully saturated rings. The molecule has 1 heterocycles. The largest absolute Gasteiger partial charge is 0.381 e. The number of aliphatic imine (C=N–C) groups is 1. The summed E-state index contributed by atoms with van der Waals surface area (Å²) in [4.78, 5) is 4.33. The molecule has 132 valence electrons. The number of guanidine groups is 1. The lowest BCUT2D eigenvalue weighted by Gasteiger charge is -2.51. The molecule has 0 saturated heterocycles. The lowest BCUT2D eigenvalue weighted by atomic mass is 9.64. The summed E-state index contributed by atoms with van der Waals surface area (Å²) in [6, 6.07) is 0.375. The molecule has 23 heavy (non-hydrogen) atoms. The number of halogens is 1. The molecule has 7 heteroatoms. The highest BCUT2D eigenvalue weighted by molar-refractivity contribution is 14.0. The molecule has 1 aromatic rings. The molecule has 0 aromatic carbocycles. The van der Waals surface area contributed by atoms with E-state index in [4.69, 9.17) is 4.74 Å². The highest BCUT2D eigenvalue weighted by Crippen LogP contribution is 2.42. The van der Waals surface area contributed by atoms with Crippen molar-refractivity contribution in [2.75, 3.05) is 14.2 Å². The molecule has 1 saturated carbocycles. The van der Waals surface area contributed by atoms with Crippen molar-refractivity contribution >= 4 is 29.9 Å². The van der Waals surface area contributed by atoms with Crippen LogP contribution in [0, 0.1) is 19.3 Å². The van der Waals surface area contributed by atoms with Crippen molar-refractivity contribution in [2.24, 2.45) is 17.5 Å². The zero-order valence-corrected chi connectivity index (χ0v) is 17.6. The summed E-state index contributed by atoms with van der Waals surface area (Å²) < 4.78 is 7.42. The van der Waals surface area contributed by atoms with E-state index >= 15 is 0 Å². The molecule has 0 aliphatic heterocycles. The first-order chi connectivity index (χ1) is 10.3. The Balaban J connectivity index is 0.00000264. The van der Waals surface area contributed by atoms with Gasteiger partial charge in [0.25, 0.3) is 0 Å². The van der Waals surface area contributed by atoms with E-state index in [0.29, 0.717) is 12.1 Å². The SMILES string of the molecule is CN=C(NCc1c(C)nn(C)c1C)NC1CC(OC)C1(C)C.I. The summed E-state index contributed by atoms with van der Waals surface area (Å²) in [5.74, 6) is 0.829. The van der Waals surface area contributed by atoms with E-state index < -0.39 is 0 Å². The Morgan fingerprint density at radius 3 is 2.52 bits per heavy atom. The van der Waals surface area contributed by atoms with Gasteiger partial charge < -0.3 is 15.4 Å². The van der Waals surface area contributed by atoms with E-state index in [-0.39, 0.29) is 29.4 Å². The first-order valence-corrected chi connectivity index (χ1v) is 7.80. The van der Waals surface area contributed by atoms with Gasteiger partial charge in [-0.3, -0.25) is 9.67 Å². The molecule has 2 rings (SSSR count). The Hall–Kier alpha value is -0.830. The first-order valence-electron chi connectivity index (χ1n) is 7.80. The standard InChI is InChI=1S/C16H29N5O.HI/c1-10-12(11(2)21(6)20-10)9-18-15(17-5)19-13-8-14(22-7)16(13,3)4;/h13-14H,8-9H2,1-7H3,(H2,17,18,19);1H. The second kappa shape index (κ2) is 7.83. The van der Waals surface area contributed by atoms with Crippen LogP contribution < -0.4 is 10.6 Å². The molecule has 6 nitrogen and oxygen atoms in total. The van der Waals surface area contributed by atoms with Crippen molar-refractivity contribution in [3.63, 3.8) is 0 Å². The molecule has 1 aliphatic carbocycles. The number of hydrogen-bond donors (Lipinski definition) is 2. The smallest absolute Gasteiger partial charge is 0.191 e. The minimum absolute atomic E-state index is 0. The molecular weight excluding hydrogens is 405 g/mol. The van der Waals surface area contributed by atoms with E-state index in [1.54, 1.807) is 14.2 Å². The van der Waals surface area contributed by atoms with Crippen molar-refractivity contribution in [1.82, 2.24) is 20.4 Å². The van der Waals surface area contributed by atoms with Crippen LogP contribution in [0.3, 0.4) is 0 Å². The molecule has 1 aliphatic rings. The zero-order chi connectivity index (χ0) is 16.5. The van der Waals surface area contributed by atoms with Gasteiger partial charge in [0, 0.05) is 50.5 Å². The summed E-state index contributed by atoms with van der Waals surface area (Å²) in [6.45, 7) is 9.31. The molecular formula is C16H30IN5O. The van der Waals surface area contributed by atoms with Crippen LogP contribution in [0.1, 0.15) is 37.2 Å². The van der Waals surface area contributed by atoms with E-state index in [1.165, 1.54) is 11.3 Å². The predicted octanol–water partition coefficient (Wildman–Crippen LogP) is 2.13. The summed E-state index contributed by atoms with van der Waals surface area (Å²) in [6.07, 6.45) is 1.32. The minimum atomic E-state index is 0. The Labute approximate surface area is 156 Å². The summed E-state index contributed by atoms with van der Waals surface area (Å²) in [7, 11) is 5.56. The van der Waals surface area contributed by atoms with Gasteiger partial charge in [-0.05, 0) is 20.3 Å². The molecule has 1 aromatic heterocycles. The van der Waals surface area contributed by atoms with E-state index in [2.05, 4.69) is 41.5 Å². The maximum Gasteiger partial charge on any atom is 0.191 e. The highest BCUT2D eigenvalue weighted by atomic mass is 127. The van der Waals surface area contributed by atoms with Crippen LogP contribution in [0.15, 0.2) is 4.99 Å². The molecule has 0 radical (unpaired) electrons. The number of aromatic nitrogens is 2. The number of nitrogens with one attached hydrogen (secondary N) is 2. The van der Waals surface area contributed by atoms with Gasteiger partial charge in [0.2, 0.25) is 0 Å². The van der Waals surface area contributed by atoms with Crippen LogP contribution in [-0.2, 0) is 18.3 Å². The van der Waals surface area contributed by atoms with Gasteiger partial charge >= 0.3 is 0 Å². The van der Waals surface area contributed by atoms with Gasteiger partial charge in [-0.1, -0.05) is 13.8 Å². The van der Waals surface area contributed by atoms with Crippen molar-refractivity contribution < 1.29 is 4.74 Å². The first kappa shape index (κ1) is 20.2. The third-order valence-corrected chi connectivity index (χ3v) is 5.09. The van der Waals surface area contributed by atoms with E-state index in [9.17, 15) is 0 Å². The van der Waals surface area contributed by atoms with Gasteiger partial charge in [0.15, 0.2) is 5.96 Å². The van der Waals surface area contributed by atoms with Crippen LogP contribution in [0.2, 0.25) is 0 Å². The van der Waals surface area contributed by atoms with Crippen LogP contribution in [0.5, 0.6) is 0 Å². The van der Waals surface area contributed by atoms with Crippen molar-refractivity contribution in [3.8, 4) is 0 Å². The Kier molecular flexibility index (Phi) is 6.88. The lowest BCUT2D eigenvalue weighted by Crippen LogP contribution is -2.63. The molecule has 0 spiro atoms. The summed E-state index contributed by atoms with van der Waals surface area (Å²) >= 11 is 0. The highest BCUT2D eigenvalue weighted by Gasteiger charge is 2.48. The topological polar surface area (TPSA) is 63.5 Å². The average Bonchev–Trinajstić information content (AvgIpc) is 2.71. The molecule has 0 amide bonds. The third-order valence-electron chi connectivity index (χ3n) is 5.09. The van der Waals surface area contributed by atoms with Crippen LogP contribution in [0.25, 0.3) is 0 Å². The van der Waals surface area contributed by atoms with Gasteiger partial charge in [-0.25, -0.2) is 0 Å². The quantitative estimate of drug-likeness (QED) is 0.432. The Morgan fingerprint density at radius 1 is 1.43 bits per heavy atom. The third kappa shape index (κ3) is 3.99. The van der Waals surface area contributed by atoms with Gasteiger partial charge in [-0.2, -0.15) is 5.10 Å². The van der Waals surface area contributed by atoms with Gasteiger partial charge in [0.1, 0.15) is 0 Å². The van der Waals surface area contributed by atoms with Crippen molar-refractivity contribution in [3.05, 3.63) is 17.0 Å². The number of nitrogens with zero attached hydrogens (tertiary/aromatic N) is 3. The average molecular weight is 435 g/mol. The minimum Gasteiger partial charge on any atom is -0.381 e. The molecule has 2 N–H and O–H groups in total. The second-order valence-corrected chi connectivity index (χ2v) is 6.68. The fourth-order valence-corrected chi connectivity index (χ4v) is 3.14. The fourth-order valence-electron chi connectivity index (χ4n) is 3.14. The number of methoxy groups -OCH3 is 1. The van der Waals surface area contributed by atoms with Gasteiger partial charge in [-0.15, -0.1) is 24.0 Å². The normalized spacial score (nSPS) is 23.0. The van der Waals surface area contributed by atoms with Crippen molar-refractivity contribution in [2.45, 2.75) is 52.8 Å². The number of hydrogen-bond acceptors (Lipinski definition) is 3. The maximum absolute atomic E-state index is 5.50. The van der Waals surface area contributed by atoms with Crippen LogP contribution in [0.4, 0.5) is 0 Å². The Bertz CT molecular complexity index is 567. The molecule has 2 atom stereocenters. The number of rotatable bonds is 4. The van der Waals surface area contributed by atoms with Crippen molar-refractivity contribution in [1.29, 1.82) is 0 Å². The summed E-state index contributed by atoms with van der Waals surface area (Å²) in [5, 5.41) is 11.3. The second-order valence-electron chi connectivity index (χ2n) is 6.68. The zero-order valence-electron chi connectivity index (χ0n) is 15.2. The Morgan fingerprint density at radius 2 is 2.09 bits per heavy atom. The molecule has 2 unspecified atom stereocenters. The monoisotopic (exact) mass is 435 g/mol. The lowest BCUT2D eigenvalue weighted by molar-refractivity contribution is -0.0922. The maximum atomic E-state index is 5.50. The van der Waals surface area contributed by atoms with E-state index in [0.717, 1.165) is 24.6 Å². The number of aryl methyl sites for hydroxylation is 2. The number of ether oxygens (including phenoxy) is 1. The van der Waals surface area contributed by atoms with E-state index in [1.807, 2.05) is 18.7 Å². The van der Waals surface area contributed by atoms with Crippen LogP contribution in [-0.4, -0.2) is 42.0 Å². The van der Waals surface area contributed by atoms with Gasteiger partial charge in [0.05, 0.1) is 11.8 Å². The summed E-state index contributed by atoms with van der Waals surface area (Å²) in [5.41, 5.74) is 3.59. The van der Waals surface area contributed by atoms with Crippen LogP contribution >= 0.6 is 24.0 Å².